The molecule has 0 spiro atoms. The molecule has 1 N–H and O–H groups in total. The average Bonchev–Trinajstić information content (AvgIpc) is 3.11. The lowest BCUT2D eigenvalue weighted by atomic mass is 10.0. The van der Waals surface area contributed by atoms with Crippen molar-refractivity contribution in [2.24, 2.45) is 0 Å². The van der Waals surface area contributed by atoms with E-state index in [0.29, 0.717) is 45.4 Å². The first kappa shape index (κ1) is 17.8. The van der Waals surface area contributed by atoms with E-state index in [0.717, 1.165) is 0 Å². The van der Waals surface area contributed by atoms with Crippen LogP contribution in [0.25, 0.3) is 22.6 Å². The lowest BCUT2D eigenvalue weighted by molar-refractivity contribution is 0.281. The highest BCUT2D eigenvalue weighted by Crippen LogP contribution is 2.42. The van der Waals surface area contributed by atoms with E-state index in [-0.39, 0.29) is 12.4 Å². The molecule has 3 aromatic rings. The van der Waals surface area contributed by atoms with Crippen LogP contribution >= 0.6 is 0 Å². The molecular weight excluding hydrogens is 341 g/mol. The second kappa shape index (κ2) is 7.45. The number of aliphatic hydroxyl groups is 1. The number of hydrogen-bond acceptors (Lipinski definition) is 6. The van der Waals surface area contributed by atoms with Gasteiger partial charge in [0.2, 0.25) is 5.75 Å². The number of methoxy groups -OCH3 is 3. The van der Waals surface area contributed by atoms with Gasteiger partial charge >= 0.3 is 0 Å². The van der Waals surface area contributed by atoms with Gasteiger partial charge in [0, 0.05) is 11.1 Å². The number of rotatable bonds is 6. The van der Waals surface area contributed by atoms with Crippen molar-refractivity contribution in [3.05, 3.63) is 47.8 Å². The Morgan fingerprint density at radius 3 is 2.08 bits per heavy atom. The number of aliphatic hydroxyl groups excluding tert-OH is 1. The molecule has 2 aromatic carbocycles. The fourth-order valence-corrected chi connectivity index (χ4v) is 2.73. The molecule has 7 heteroatoms. The molecule has 0 aliphatic carbocycles. The minimum Gasteiger partial charge on any atom is -0.493 e. The van der Waals surface area contributed by atoms with E-state index in [1.54, 1.807) is 24.3 Å². The van der Waals surface area contributed by atoms with Crippen molar-refractivity contribution in [3.8, 4) is 39.8 Å². The molecule has 0 radical (unpaired) electrons. The minimum absolute atomic E-state index is 0.303. The third kappa shape index (κ3) is 3.09. The van der Waals surface area contributed by atoms with E-state index in [9.17, 15) is 9.50 Å². The van der Waals surface area contributed by atoms with E-state index in [1.807, 2.05) is 0 Å². The van der Waals surface area contributed by atoms with Crippen molar-refractivity contribution in [1.82, 2.24) is 5.16 Å². The fraction of sp³-hybridized carbons (Fsp3) is 0.211. The van der Waals surface area contributed by atoms with Crippen molar-refractivity contribution in [3.63, 3.8) is 0 Å². The third-order valence-corrected chi connectivity index (χ3v) is 3.99. The summed E-state index contributed by atoms with van der Waals surface area (Å²) in [7, 11) is 4.55. The highest BCUT2D eigenvalue weighted by atomic mass is 19.1. The molecule has 0 bridgehead atoms. The van der Waals surface area contributed by atoms with Gasteiger partial charge in [0.1, 0.15) is 11.5 Å². The van der Waals surface area contributed by atoms with Crippen LogP contribution in [0.1, 0.15) is 5.56 Å². The molecule has 0 amide bonds. The van der Waals surface area contributed by atoms with E-state index < -0.39 is 0 Å². The first-order chi connectivity index (χ1) is 12.6. The maximum absolute atomic E-state index is 13.2. The van der Waals surface area contributed by atoms with E-state index in [4.69, 9.17) is 18.7 Å². The van der Waals surface area contributed by atoms with Crippen LogP contribution in [-0.4, -0.2) is 31.6 Å². The molecule has 0 saturated carbocycles. The number of benzene rings is 2. The van der Waals surface area contributed by atoms with Crippen molar-refractivity contribution >= 4 is 0 Å². The summed E-state index contributed by atoms with van der Waals surface area (Å²) >= 11 is 0. The molecule has 0 aliphatic heterocycles. The van der Waals surface area contributed by atoms with Gasteiger partial charge in [0.15, 0.2) is 17.3 Å². The van der Waals surface area contributed by atoms with Crippen molar-refractivity contribution in [1.29, 1.82) is 0 Å². The Morgan fingerprint density at radius 1 is 0.962 bits per heavy atom. The molecule has 0 unspecified atom stereocenters. The summed E-state index contributed by atoms with van der Waals surface area (Å²) in [4.78, 5) is 0. The highest BCUT2D eigenvalue weighted by molar-refractivity contribution is 5.75. The van der Waals surface area contributed by atoms with Crippen LogP contribution in [-0.2, 0) is 6.61 Å². The molecule has 1 aromatic heterocycles. The van der Waals surface area contributed by atoms with Gasteiger partial charge in [-0.2, -0.15) is 0 Å². The van der Waals surface area contributed by atoms with Crippen LogP contribution in [0.2, 0.25) is 0 Å². The first-order valence-corrected chi connectivity index (χ1v) is 7.78. The molecule has 0 aliphatic rings. The van der Waals surface area contributed by atoms with Crippen molar-refractivity contribution < 1.29 is 28.2 Å². The van der Waals surface area contributed by atoms with Crippen LogP contribution in [0, 0.1) is 5.82 Å². The molecule has 0 saturated heterocycles. The molecule has 6 nitrogen and oxygen atoms in total. The zero-order valence-corrected chi connectivity index (χ0v) is 14.6. The van der Waals surface area contributed by atoms with E-state index >= 15 is 0 Å². The van der Waals surface area contributed by atoms with Crippen molar-refractivity contribution in [2.45, 2.75) is 6.61 Å². The number of nitrogens with zero attached hydrogens (tertiary/aromatic N) is 1. The minimum atomic E-state index is -0.358. The van der Waals surface area contributed by atoms with Gasteiger partial charge < -0.3 is 23.8 Å². The Morgan fingerprint density at radius 2 is 1.58 bits per heavy atom. The van der Waals surface area contributed by atoms with E-state index in [1.165, 1.54) is 33.5 Å². The SMILES string of the molecule is COc1cc(-c2noc(-c3ccc(F)cc3)c2CO)cc(OC)c1OC. The summed E-state index contributed by atoms with van der Waals surface area (Å²) in [5, 5.41) is 13.9. The maximum Gasteiger partial charge on any atom is 0.203 e. The predicted molar refractivity (Wildman–Crippen MR) is 92.9 cm³/mol. The van der Waals surface area contributed by atoms with Crippen molar-refractivity contribution in [2.75, 3.05) is 21.3 Å². The topological polar surface area (TPSA) is 74.0 Å². The zero-order chi connectivity index (χ0) is 18.7. The summed E-state index contributed by atoms with van der Waals surface area (Å²) < 4.78 is 34.6. The Bertz CT molecular complexity index is 880. The quantitative estimate of drug-likeness (QED) is 0.724. The molecule has 3 rings (SSSR count). The number of aromatic nitrogens is 1. The van der Waals surface area contributed by atoms with Crippen LogP contribution < -0.4 is 14.2 Å². The highest BCUT2D eigenvalue weighted by Gasteiger charge is 2.22. The number of hydrogen-bond donors (Lipinski definition) is 1. The van der Waals surface area contributed by atoms with Gasteiger partial charge in [-0.1, -0.05) is 5.16 Å². The largest absolute Gasteiger partial charge is 0.493 e. The normalized spacial score (nSPS) is 10.7. The van der Waals surface area contributed by atoms with Gasteiger partial charge in [-0.3, -0.25) is 0 Å². The fourth-order valence-electron chi connectivity index (χ4n) is 2.73. The lowest BCUT2D eigenvalue weighted by Crippen LogP contribution is -1.97. The summed E-state index contributed by atoms with van der Waals surface area (Å²) in [6, 6.07) is 9.19. The summed E-state index contributed by atoms with van der Waals surface area (Å²) in [5.74, 6) is 1.38. The van der Waals surface area contributed by atoms with Crippen LogP contribution in [0.15, 0.2) is 40.9 Å². The van der Waals surface area contributed by atoms with Crippen LogP contribution in [0.3, 0.4) is 0 Å². The van der Waals surface area contributed by atoms with Crippen LogP contribution in [0.4, 0.5) is 4.39 Å². The second-order valence-electron chi connectivity index (χ2n) is 5.42. The van der Waals surface area contributed by atoms with Gasteiger partial charge in [-0.25, -0.2) is 4.39 Å². The Hall–Kier alpha value is -3.06. The molecule has 0 atom stereocenters. The van der Waals surface area contributed by atoms with Gasteiger partial charge in [-0.05, 0) is 36.4 Å². The number of ether oxygens (including phenoxy) is 3. The standard InChI is InChI=1S/C19H18FNO5/c1-23-15-8-12(9-16(24-2)19(15)25-3)17-14(10-22)18(26-21-17)11-4-6-13(20)7-5-11/h4-9,22H,10H2,1-3H3. The van der Waals surface area contributed by atoms with Gasteiger partial charge in [-0.15, -0.1) is 0 Å². The Balaban J connectivity index is 2.14. The molecule has 0 fully saturated rings. The predicted octanol–water partition coefficient (Wildman–Crippen LogP) is 3.67. The third-order valence-electron chi connectivity index (χ3n) is 3.99. The maximum atomic E-state index is 13.2. The van der Waals surface area contributed by atoms with E-state index in [2.05, 4.69) is 5.16 Å². The Labute approximate surface area is 149 Å². The summed E-state index contributed by atoms with van der Waals surface area (Å²) in [6.07, 6.45) is 0. The Kier molecular flexibility index (Phi) is 5.09. The first-order valence-electron chi connectivity index (χ1n) is 7.78. The monoisotopic (exact) mass is 359 g/mol. The average molecular weight is 359 g/mol. The second-order valence-corrected chi connectivity index (χ2v) is 5.42. The van der Waals surface area contributed by atoms with Gasteiger partial charge in [0.25, 0.3) is 0 Å². The van der Waals surface area contributed by atoms with Crippen LogP contribution in [0.5, 0.6) is 17.2 Å². The lowest BCUT2D eigenvalue weighted by Gasteiger charge is -2.13. The molecule has 26 heavy (non-hydrogen) atoms. The number of halogens is 1. The summed E-state index contributed by atoms with van der Waals surface area (Å²) in [6.45, 7) is -0.303. The molecule has 1 heterocycles. The zero-order valence-electron chi connectivity index (χ0n) is 14.6. The van der Waals surface area contributed by atoms with Gasteiger partial charge in [0.05, 0.1) is 33.5 Å². The molecule has 136 valence electrons. The molecular formula is C19H18FNO5. The smallest absolute Gasteiger partial charge is 0.203 e. The summed E-state index contributed by atoms with van der Waals surface area (Å²) in [5.41, 5.74) is 2.15.